The Labute approximate surface area is 150 Å². The lowest BCUT2D eigenvalue weighted by Crippen LogP contribution is -2.24. The lowest BCUT2D eigenvalue weighted by atomic mass is 10.1. The minimum absolute atomic E-state index is 0.268. The van der Waals surface area contributed by atoms with Gasteiger partial charge in [0.2, 0.25) is 5.91 Å². The van der Waals surface area contributed by atoms with Crippen molar-refractivity contribution < 1.29 is 9.59 Å². The summed E-state index contributed by atoms with van der Waals surface area (Å²) < 4.78 is 0. The van der Waals surface area contributed by atoms with Gasteiger partial charge in [0.25, 0.3) is 0 Å². The average Bonchev–Trinajstić information content (AvgIpc) is 2.66. The number of carbonyl (C=O) groups excluding carboxylic acids is 2. The molecule has 6 nitrogen and oxygen atoms in total. The summed E-state index contributed by atoms with van der Waals surface area (Å²) in [6, 6.07) is 16.3. The molecule has 0 aliphatic rings. The van der Waals surface area contributed by atoms with Gasteiger partial charge in [-0.25, -0.2) is 4.79 Å². The summed E-state index contributed by atoms with van der Waals surface area (Å²) in [7, 11) is 1.54. The molecule has 26 heavy (non-hydrogen) atoms. The van der Waals surface area contributed by atoms with E-state index in [4.69, 9.17) is 0 Å². The number of pyridine rings is 1. The van der Waals surface area contributed by atoms with Crippen LogP contribution in [0.1, 0.15) is 5.56 Å². The standard InChI is InChI=1S/C20H18N4O2/c1-21-20(26)24-17-9-3-8-16(13-17)23-18(25)11-10-15-6-2-5-14-7-4-12-22-19(14)15/h2-13H,1H3,(H,23,25)(H2,21,24,26)/b11-10+. The first-order chi connectivity index (χ1) is 12.7. The molecule has 1 heterocycles. The molecule has 3 amide bonds. The first kappa shape index (κ1) is 17.2. The second-order valence-corrected chi connectivity index (χ2v) is 5.53. The van der Waals surface area contributed by atoms with Gasteiger partial charge < -0.3 is 16.0 Å². The fourth-order valence-corrected chi connectivity index (χ4v) is 2.48. The summed E-state index contributed by atoms with van der Waals surface area (Å²) in [5.74, 6) is -0.268. The molecule has 0 radical (unpaired) electrons. The second-order valence-electron chi connectivity index (χ2n) is 5.53. The number of hydrogen-bond acceptors (Lipinski definition) is 3. The molecule has 0 spiro atoms. The molecular weight excluding hydrogens is 328 g/mol. The SMILES string of the molecule is CNC(=O)Nc1cccc(NC(=O)/C=C/c2cccc3cccnc23)c1. The van der Waals surface area contributed by atoms with Gasteiger partial charge in [-0.2, -0.15) is 0 Å². The Balaban J connectivity index is 1.71. The van der Waals surface area contributed by atoms with E-state index in [0.29, 0.717) is 11.4 Å². The predicted octanol–water partition coefficient (Wildman–Crippen LogP) is 3.64. The third-order valence-corrected chi connectivity index (χ3v) is 3.69. The second kappa shape index (κ2) is 7.94. The fourth-order valence-electron chi connectivity index (χ4n) is 2.48. The summed E-state index contributed by atoms with van der Waals surface area (Å²) in [6.07, 6.45) is 4.92. The van der Waals surface area contributed by atoms with Crippen molar-refractivity contribution >= 4 is 40.3 Å². The van der Waals surface area contributed by atoms with Gasteiger partial charge in [0.15, 0.2) is 0 Å². The number of amides is 3. The molecule has 0 atom stereocenters. The zero-order valence-electron chi connectivity index (χ0n) is 14.2. The van der Waals surface area contributed by atoms with Crippen molar-refractivity contribution in [1.29, 1.82) is 0 Å². The van der Waals surface area contributed by atoms with Gasteiger partial charge >= 0.3 is 6.03 Å². The van der Waals surface area contributed by atoms with Gasteiger partial charge in [-0.1, -0.05) is 30.3 Å². The molecule has 1 aromatic heterocycles. The van der Waals surface area contributed by atoms with Crippen LogP contribution in [0, 0.1) is 0 Å². The molecule has 2 aromatic carbocycles. The van der Waals surface area contributed by atoms with Crippen molar-refractivity contribution in [3.05, 3.63) is 72.4 Å². The maximum Gasteiger partial charge on any atom is 0.318 e. The summed E-state index contributed by atoms with van der Waals surface area (Å²) in [5.41, 5.74) is 2.89. The van der Waals surface area contributed by atoms with Crippen LogP contribution >= 0.6 is 0 Å². The van der Waals surface area contributed by atoms with Gasteiger partial charge in [-0.15, -0.1) is 0 Å². The first-order valence-electron chi connectivity index (χ1n) is 8.07. The quantitative estimate of drug-likeness (QED) is 0.631. The fraction of sp³-hybridized carbons (Fsp3) is 0.0500. The smallest absolute Gasteiger partial charge is 0.318 e. The maximum atomic E-state index is 12.2. The van der Waals surface area contributed by atoms with Gasteiger partial charge in [-0.3, -0.25) is 9.78 Å². The van der Waals surface area contributed by atoms with E-state index in [2.05, 4.69) is 20.9 Å². The molecule has 0 bridgehead atoms. The van der Waals surface area contributed by atoms with E-state index in [1.54, 1.807) is 36.5 Å². The summed E-state index contributed by atoms with van der Waals surface area (Å²) in [6.45, 7) is 0. The number of nitrogens with one attached hydrogen (secondary N) is 3. The number of para-hydroxylation sites is 1. The largest absolute Gasteiger partial charge is 0.341 e. The Morgan fingerprint density at radius 2 is 1.69 bits per heavy atom. The Morgan fingerprint density at radius 1 is 0.962 bits per heavy atom. The summed E-state index contributed by atoms with van der Waals surface area (Å²) in [5, 5.41) is 8.92. The van der Waals surface area contributed by atoms with E-state index in [1.165, 1.54) is 13.1 Å². The highest BCUT2D eigenvalue weighted by Crippen LogP contribution is 2.18. The van der Waals surface area contributed by atoms with E-state index >= 15 is 0 Å². The Morgan fingerprint density at radius 3 is 2.50 bits per heavy atom. The number of rotatable bonds is 4. The highest BCUT2D eigenvalue weighted by Gasteiger charge is 2.03. The predicted molar refractivity (Wildman–Crippen MR) is 104 cm³/mol. The molecule has 3 rings (SSSR count). The lowest BCUT2D eigenvalue weighted by Gasteiger charge is -2.07. The number of fused-ring (bicyclic) bond motifs is 1. The van der Waals surface area contributed by atoms with Crippen molar-refractivity contribution in [1.82, 2.24) is 10.3 Å². The van der Waals surface area contributed by atoms with Crippen LogP contribution in [-0.4, -0.2) is 24.0 Å². The summed E-state index contributed by atoms with van der Waals surface area (Å²) >= 11 is 0. The Bertz CT molecular complexity index is 977. The first-order valence-corrected chi connectivity index (χ1v) is 8.07. The normalized spacial score (nSPS) is 10.7. The van der Waals surface area contributed by atoms with E-state index in [1.807, 2.05) is 30.3 Å². The summed E-state index contributed by atoms with van der Waals surface area (Å²) in [4.78, 5) is 27.9. The zero-order valence-corrected chi connectivity index (χ0v) is 14.2. The zero-order chi connectivity index (χ0) is 18.4. The van der Waals surface area contributed by atoms with E-state index < -0.39 is 0 Å². The highest BCUT2D eigenvalue weighted by atomic mass is 16.2. The van der Waals surface area contributed by atoms with Crippen LogP contribution in [0.3, 0.4) is 0 Å². The van der Waals surface area contributed by atoms with Crippen LogP contribution in [0.4, 0.5) is 16.2 Å². The van der Waals surface area contributed by atoms with Crippen molar-refractivity contribution in [2.24, 2.45) is 0 Å². The minimum Gasteiger partial charge on any atom is -0.341 e. The minimum atomic E-state index is -0.322. The topological polar surface area (TPSA) is 83.1 Å². The molecule has 0 saturated heterocycles. The van der Waals surface area contributed by atoms with Gasteiger partial charge in [0, 0.05) is 41.6 Å². The Kier molecular flexibility index (Phi) is 5.24. The number of urea groups is 1. The molecule has 3 aromatic rings. The monoisotopic (exact) mass is 346 g/mol. The van der Waals surface area contributed by atoms with Crippen molar-refractivity contribution in [2.45, 2.75) is 0 Å². The number of anilines is 2. The molecule has 0 aliphatic heterocycles. The van der Waals surface area contributed by atoms with E-state index in [0.717, 1.165) is 16.5 Å². The molecule has 6 heteroatoms. The highest BCUT2D eigenvalue weighted by molar-refractivity contribution is 6.03. The van der Waals surface area contributed by atoms with Crippen LogP contribution < -0.4 is 16.0 Å². The van der Waals surface area contributed by atoms with Crippen molar-refractivity contribution in [3.8, 4) is 0 Å². The molecule has 130 valence electrons. The van der Waals surface area contributed by atoms with Crippen molar-refractivity contribution in [3.63, 3.8) is 0 Å². The van der Waals surface area contributed by atoms with Gasteiger partial charge in [0.05, 0.1) is 5.52 Å². The molecule has 0 saturated carbocycles. The number of carbonyl (C=O) groups is 2. The third kappa shape index (κ3) is 4.24. The van der Waals surface area contributed by atoms with Crippen LogP contribution in [0.25, 0.3) is 17.0 Å². The maximum absolute atomic E-state index is 12.2. The molecule has 3 N–H and O–H groups in total. The number of aromatic nitrogens is 1. The van der Waals surface area contributed by atoms with Crippen LogP contribution in [0.2, 0.25) is 0 Å². The van der Waals surface area contributed by atoms with Crippen LogP contribution in [0.5, 0.6) is 0 Å². The van der Waals surface area contributed by atoms with Gasteiger partial charge in [0.1, 0.15) is 0 Å². The van der Waals surface area contributed by atoms with Crippen LogP contribution in [0.15, 0.2) is 66.9 Å². The lowest BCUT2D eigenvalue weighted by molar-refractivity contribution is -0.111. The molecule has 0 unspecified atom stereocenters. The molecule has 0 aliphatic carbocycles. The average molecular weight is 346 g/mol. The van der Waals surface area contributed by atoms with Gasteiger partial charge in [-0.05, 0) is 30.3 Å². The van der Waals surface area contributed by atoms with E-state index in [9.17, 15) is 9.59 Å². The Hall–Kier alpha value is -3.67. The van der Waals surface area contributed by atoms with Crippen molar-refractivity contribution in [2.75, 3.05) is 17.7 Å². The van der Waals surface area contributed by atoms with Crippen LogP contribution in [-0.2, 0) is 4.79 Å². The number of nitrogens with zero attached hydrogens (tertiary/aromatic N) is 1. The number of hydrogen-bond donors (Lipinski definition) is 3. The number of benzene rings is 2. The van der Waals surface area contributed by atoms with E-state index in [-0.39, 0.29) is 11.9 Å². The third-order valence-electron chi connectivity index (χ3n) is 3.69. The molecular formula is C20H18N4O2. The molecule has 0 fully saturated rings.